The van der Waals surface area contributed by atoms with Crippen molar-refractivity contribution in [1.29, 1.82) is 0 Å². The Morgan fingerprint density at radius 3 is 3.00 bits per heavy atom. The Kier molecular flexibility index (Phi) is 3.99. The van der Waals surface area contributed by atoms with Crippen molar-refractivity contribution in [2.75, 3.05) is 13.2 Å². The smallest absolute Gasteiger partial charge is 0.199 e. The van der Waals surface area contributed by atoms with Crippen molar-refractivity contribution in [2.24, 2.45) is 0 Å². The molecule has 0 aliphatic carbocycles. The fourth-order valence-electron chi connectivity index (χ4n) is 2.31. The Labute approximate surface area is 102 Å². The van der Waals surface area contributed by atoms with Gasteiger partial charge in [0.1, 0.15) is 6.10 Å². The third-order valence-electron chi connectivity index (χ3n) is 3.32. The van der Waals surface area contributed by atoms with E-state index in [9.17, 15) is 5.11 Å². The zero-order valence-corrected chi connectivity index (χ0v) is 10.1. The van der Waals surface area contributed by atoms with Crippen LogP contribution in [-0.2, 0) is 9.47 Å². The summed E-state index contributed by atoms with van der Waals surface area (Å²) in [5.41, 5.74) is 0.841. The Bertz CT molecular complexity index is 323. The Balaban J connectivity index is 2.05. The average Bonchev–Trinajstić information content (AvgIpc) is 2.89. The summed E-state index contributed by atoms with van der Waals surface area (Å²) >= 11 is 0. The lowest BCUT2D eigenvalue weighted by molar-refractivity contribution is -0.237. The molecule has 96 valence electrons. The highest BCUT2D eigenvalue weighted by molar-refractivity contribution is 5.23. The minimum absolute atomic E-state index is 0.0212. The summed E-state index contributed by atoms with van der Waals surface area (Å²) in [5.74, 6) is -0.917. The van der Waals surface area contributed by atoms with Crippen LogP contribution in [0.1, 0.15) is 26.2 Å². The Morgan fingerprint density at radius 2 is 2.35 bits per heavy atom. The first-order valence-corrected chi connectivity index (χ1v) is 6.18. The number of hydrogen-bond donors (Lipinski definition) is 2. The summed E-state index contributed by atoms with van der Waals surface area (Å²) in [7, 11) is 0. The molecule has 2 fully saturated rings. The second kappa shape index (κ2) is 5.31. The van der Waals surface area contributed by atoms with Crippen LogP contribution in [-0.4, -0.2) is 41.4 Å². The van der Waals surface area contributed by atoms with E-state index >= 15 is 0 Å². The largest absolute Gasteiger partial charge is 0.394 e. The van der Waals surface area contributed by atoms with Gasteiger partial charge in [0.2, 0.25) is 0 Å². The van der Waals surface area contributed by atoms with Crippen LogP contribution < -0.4 is 0 Å². The Hall–Kier alpha value is -0.680. The summed E-state index contributed by atoms with van der Waals surface area (Å²) in [6.45, 7) is 2.43. The van der Waals surface area contributed by atoms with E-state index in [1.54, 1.807) is 0 Å². The minimum Gasteiger partial charge on any atom is -0.394 e. The molecule has 2 saturated heterocycles. The third kappa shape index (κ3) is 2.45. The van der Waals surface area contributed by atoms with Crippen molar-refractivity contribution in [3.63, 3.8) is 0 Å². The molecule has 0 radical (unpaired) electrons. The molecule has 0 bridgehead atoms. The van der Waals surface area contributed by atoms with E-state index < -0.39 is 11.9 Å². The van der Waals surface area contributed by atoms with E-state index in [2.05, 4.69) is 6.92 Å². The molecule has 17 heavy (non-hydrogen) atoms. The minimum atomic E-state index is -0.917. The quantitative estimate of drug-likeness (QED) is 0.776. The van der Waals surface area contributed by atoms with Gasteiger partial charge in [-0.3, -0.25) is 0 Å². The molecule has 3 atom stereocenters. The van der Waals surface area contributed by atoms with E-state index in [1.807, 2.05) is 18.2 Å². The molecule has 0 saturated carbocycles. The molecule has 0 aromatic heterocycles. The molecular formula is C13H20O4. The second-order valence-corrected chi connectivity index (χ2v) is 4.54. The zero-order chi connectivity index (χ0) is 12.3. The first kappa shape index (κ1) is 12.8. The lowest BCUT2D eigenvalue weighted by Crippen LogP contribution is -2.40. The number of rotatable bonds is 3. The van der Waals surface area contributed by atoms with Gasteiger partial charge in [0.15, 0.2) is 5.79 Å². The van der Waals surface area contributed by atoms with Crippen LogP contribution in [0.15, 0.2) is 23.8 Å². The van der Waals surface area contributed by atoms with Gasteiger partial charge in [0.05, 0.1) is 19.3 Å². The predicted octanol–water partition coefficient (Wildman–Crippen LogP) is 1.14. The summed E-state index contributed by atoms with van der Waals surface area (Å²) in [4.78, 5) is 0. The standard InChI is InChI=1S/C13H20O4/c1-2-3-4-5-10-9-16-13(12(10)15)7-6-11(8-14)17-13/h3-5,11-12,14-15H,2,6-9H2,1H3/b4-3-,10-5+/t11-,12-,13+/m0/s1. The van der Waals surface area contributed by atoms with Gasteiger partial charge in [-0.05, 0) is 18.4 Å². The van der Waals surface area contributed by atoms with Gasteiger partial charge in [0, 0.05) is 6.42 Å². The van der Waals surface area contributed by atoms with E-state index in [-0.39, 0.29) is 12.7 Å². The molecule has 2 aliphatic rings. The van der Waals surface area contributed by atoms with Gasteiger partial charge >= 0.3 is 0 Å². The summed E-state index contributed by atoms with van der Waals surface area (Å²) in [6, 6.07) is 0. The molecule has 4 heteroatoms. The molecule has 0 aromatic rings. The average molecular weight is 240 g/mol. The molecule has 2 heterocycles. The van der Waals surface area contributed by atoms with Crippen LogP contribution in [0, 0.1) is 0 Å². The monoisotopic (exact) mass is 240 g/mol. The molecule has 2 rings (SSSR count). The normalized spacial score (nSPS) is 40.1. The summed E-state index contributed by atoms with van der Waals surface area (Å²) < 4.78 is 11.2. The van der Waals surface area contributed by atoms with Crippen LogP contribution in [0.25, 0.3) is 0 Å². The third-order valence-corrected chi connectivity index (χ3v) is 3.32. The first-order chi connectivity index (χ1) is 8.22. The second-order valence-electron chi connectivity index (χ2n) is 4.54. The van der Waals surface area contributed by atoms with E-state index in [4.69, 9.17) is 14.6 Å². The molecule has 2 aliphatic heterocycles. The first-order valence-electron chi connectivity index (χ1n) is 6.18. The summed E-state index contributed by atoms with van der Waals surface area (Å²) in [6.07, 6.45) is 7.24. The van der Waals surface area contributed by atoms with Crippen molar-refractivity contribution >= 4 is 0 Å². The zero-order valence-electron chi connectivity index (χ0n) is 10.1. The van der Waals surface area contributed by atoms with Gasteiger partial charge < -0.3 is 19.7 Å². The lowest BCUT2D eigenvalue weighted by atomic mass is 10.0. The van der Waals surface area contributed by atoms with Crippen LogP contribution in [0.5, 0.6) is 0 Å². The molecule has 0 unspecified atom stereocenters. The number of hydrogen-bond acceptors (Lipinski definition) is 4. The van der Waals surface area contributed by atoms with Gasteiger partial charge in [-0.2, -0.15) is 0 Å². The van der Waals surface area contributed by atoms with Crippen LogP contribution in [0.4, 0.5) is 0 Å². The maximum absolute atomic E-state index is 10.2. The number of ether oxygens (including phenoxy) is 2. The number of aliphatic hydroxyl groups is 2. The number of allylic oxidation sites excluding steroid dienone is 3. The Morgan fingerprint density at radius 1 is 1.53 bits per heavy atom. The lowest BCUT2D eigenvalue weighted by Gasteiger charge is -2.26. The van der Waals surface area contributed by atoms with Crippen molar-refractivity contribution in [2.45, 2.75) is 44.2 Å². The summed E-state index contributed by atoms with van der Waals surface area (Å²) in [5, 5.41) is 19.3. The molecule has 0 amide bonds. The van der Waals surface area contributed by atoms with Crippen LogP contribution >= 0.6 is 0 Å². The van der Waals surface area contributed by atoms with Gasteiger partial charge in [-0.1, -0.05) is 25.2 Å². The van der Waals surface area contributed by atoms with Crippen LogP contribution in [0.3, 0.4) is 0 Å². The van der Waals surface area contributed by atoms with Crippen molar-refractivity contribution in [3.8, 4) is 0 Å². The fraction of sp³-hybridized carbons (Fsp3) is 0.692. The fourth-order valence-corrected chi connectivity index (χ4v) is 2.31. The molecule has 1 spiro atoms. The highest BCUT2D eigenvalue weighted by Gasteiger charge is 2.52. The van der Waals surface area contributed by atoms with Gasteiger partial charge in [-0.25, -0.2) is 0 Å². The highest BCUT2D eigenvalue weighted by Crippen LogP contribution is 2.41. The maximum Gasteiger partial charge on any atom is 0.199 e. The van der Waals surface area contributed by atoms with Crippen molar-refractivity contribution < 1.29 is 19.7 Å². The molecule has 2 N–H and O–H groups in total. The van der Waals surface area contributed by atoms with Gasteiger partial charge in [-0.15, -0.1) is 0 Å². The number of aliphatic hydroxyl groups excluding tert-OH is 2. The SMILES string of the molecule is CC/C=C\C=C1/CO[C@@]2(CC[C@@H](CO)O2)[C@H]1O. The topological polar surface area (TPSA) is 58.9 Å². The van der Waals surface area contributed by atoms with Crippen molar-refractivity contribution in [1.82, 2.24) is 0 Å². The van der Waals surface area contributed by atoms with E-state index in [0.717, 1.165) is 18.4 Å². The van der Waals surface area contributed by atoms with E-state index in [1.165, 1.54) is 0 Å². The molecule has 4 nitrogen and oxygen atoms in total. The molecule has 0 aromatic carbocycles. The van der Waals surface area contributed by atoms with Crippen molar-refractivity contribution in [3.05, 3.63) is 23.8 Å². The highest BCUT2D eigenvalue weighted by atomic mass is 16.7. The molecular weight excluding hydrogens is 220 g/mol. The predicted molar refractivity (Wildman–Crippen MR) is 63.4 cm³/mol. The van der Waals surface area contributed by atoms with Gasteiger partial charge in [0.25, 0.3) is 0 Å². The maximum atomic E-state index is 10.2. The van der Waals surface area contributed by atoms with E-state index in [0.29, 0.717) is 13.0 Å². The van der Waals surface area contributed by atoms with Crippen LogP contribution in [0.2, 0.25) is 0 Å².